The first kappa shape index (κ1) is 10.9. The van der Waals surface area contributed by atoms with Crippen molar-refractivity contribution >= 4 is 0 Å². The molecule has 0 spiro atoms. The number of rotatable bonds is 6. The van der Waals surface area contributed by atoms with Crippen molar-refractivity contribution in [3.63, 3.8) is 0 Å². The predicted octanol–water partition coefficient (Wildman–Crippen LogP) is 0.0740. The number of hydrogen-bond acceptors (Lipinski definition) is 3. The number of pyridine rings is 1. The summed E-state index contributed by atoms with van der Waals surface area (Å²) in [5.41, 5.74) is 0.880. The van der Waals surface area contributed by atoms with E-state index < -0.39 is 0 Å². The summed E-state index contributed by atoms with van der Waals surface area (Å²) in [5, 5.41) is 6.44. The predicted molar refractivity (Wildman–Crippen MR) is 57.3 cm³/mol. The van der Waals surface area contributed by atoms with E-state index >= 15 is 0 Å². The van der Waals surface area contributed by atoms with Crippen LogP contribution in [0.1, 0.15) is 12.6 Å². The highest BCUT2D eigenvalue weighted by Gasteiger charge is 1.91. The molecule has 0 aliphatic heterocycles. The van der Waals surface area contributed by atoms with E-state index in [-0.39, 0.29) is 5.56 Å². The zero-order valence-electron chi connectivity index (χ0n) is 8.47. The van der Waals surface area contributed by atoms with Crippen LogP contribution in [-0.2, 0) is 6.54 Å². The normalized spacial score (nSPS) is 10.4. The summed E-state index contributed by atoms with van der Waals surface area (Å²) in [6.07, 6.45) is 0. The second-order valence-corrected chi connectivity index (χ2v) is 3.07. The van der Waals surface area contributed by atoms with Gasteiger partial charge in [0.05, 0.1) is 0 Å². The molecular weight excluding hydrogens is 178 g/mol. The van der Waals surface area contributed by atoms with Gasteiger partial charge in [-0.25, -0.2) is 0 Å². The number of aromatic nitrogens is 1. The van der Waals surface area contributed by atoms with Gasteiger partial charge >= 0.3 is 0 Å². The van der Waals surface area contributed by atoms with Gasteiger partial charge in [-0.05, 0) is 12.6 Å². The lowest BCUT2D eigenvalue weighted by molar-refractivity contribution is 0.618. The fourth-order valence-electron chi connectivity index (χ4n) is 1.17. The molecule has 0 bridgehead atoms. The Hall–Kier alpha value is -1.13. The van der Waals surface area contributed by atoms with Crippen LogP contribution in [0, 0.1) is 0 Å². The van der Waals surface area contributed by atoms with Gasteiger partial charge in [0, 0.05) is 31.4 Å². The molecule has 0 aromatic carbocycles. The monoisotopic (exact) mass is 195 g/mol. The molecule has 0 aliphatic rings. The van der Waals surface area contributed by atoms with Crippen molar-refractivity contribution in [1.82, 2.24) is 15.6 Å². The Balaban J connectivity index is 2.21. The molecule has 3 N–H and O–H groups in total. The molecule has 14 heavy (non-hydrogen) atoms. The van der Waals surface area contributed by atoms with Crippen LogP contribution in [0.5, 0.6) is 0 Å². The van der Waals surface area contributed by atoms with Crippen LogP contribution in [0.25, 0.3) is 0 Å². The highest BCUT2D eigenvalue weighted by atomic mass is 16.1. The van der Waals surface area contributed by atoms with Crippen LogP contribution in [-0.4, -0.2) is 24.6 Å². The van der Waals surface area contributed by atoms with E-state index in [0.29, 0.717) is 6.54 Å². The zero-order chi connectivity index (χ0) is 10.2. The van der Waals surface area contributed by atoms with Gasteiger partial charge in [0.1, 0.15) is 0 Å². The topological polar surface area (TPSA) is 56.9 Å². The third-order valence-electron chi connectivity index (χ3n) is 1.87. The van der Waals surface area contributed by atoms with Crippen molar-refractivity contribution in [3.05, 3.63) is 34.2 Å². The fraction of sp³-hybridized carbons (Fsp3) is 0.500. The Kier molecular flexibility index (Phi) is 4.96. The van der Waals surface area contributed by atoms with Gasteiger partial charge in [-0.1, -0.05) is 13.0 Å². The smallest absolute Gasteiger partial charge is 0.248 e. The summed E-state index contributed by atoms with van der Waals surface area (Å²) in [6, 6.07) is 5.18. The molecule has 1 heterocycles. The number of nitrogens with one attached hydrogen (secondary N) is 3. The van der Waals surface area contributed by atoms with Gasteiger partial charge < -0.3 is 15.6 Å². The SMILES string of the molecule is CCNCCNCc1cccc(=O)[nH]1. The molecule has 78 valence electrons. The molecule has 0 aliphatic carbocycles. The summed E-state index contributed by atoms with van der Waals surface area (Å²) < 4.78 is 0. The van der Waals surface area contributed by atoms with Gasteiger partial charge in [0.25, 0.3) is 0 Å². The first-order chi connectivity index (χ1) is 6.83. The Morgan fingerprint density at radius 3 is 2.79 bits per heavy atom. The molecule has 1 aromatic rings. The van der Waals surface area contributed by atoms with Crippen LogP contribution in [0.3, 0.4) is 0 Å². The lowest BCUT2D eigenvalue weighted by Gasteiger charge is -2.04. The van der Waals surface area contributed by atoms with Crippen molar-refractivity contribution in [1.29, 1.82) is 0 Å². The minimum Gasteiger partial charge on any atom is -0.325 e. The number of aromatic amines is 1. The molecule has 0 saturated carbocycles. The third-order valence-corrected chi connectivity index (χ3v) is 1.87. The Morgan fingerprint density at radius 2 is 2.07 bits per heavy atom. The standard InChI is InChI=1S/C10H17N3O/c1-2-11-6-7-12-8-9-4-3-5-10(14)13-9/h3-5,11-12H,2,6-8H2,1H3,(H,13,14). The average Bonchev–Trinajstić information content (AvgIpc) is 2.18. The second kappa shape index (κ2) is 6.34. The molecule has 0 fully saturated rings. The fourth-order valence-corrected chi connectivity index (χ4v) is 1.17. The van der Waals surface area contributed by atoms with E-state index in [4.69, 9.17) is 0 Å². The zero-order valence-corrected chi connectivity index (χ0v) is 8.47. The van der Waals surface area contributed by atoms with Gasteiger partial charge in [0.15, 0.2) is 0 Å². The van der Waals surface area contributed by atoms with Crippen molar-refractivity contribution in [2.45, 2.75) is 13.5 Å². The maximum Gasteiger partial charge on any atom is 0.248 e. The molecule has 0 atom stereocenters. The molecule has 4 heteroatoms. The molecule has 0 unspecified atom stereocenters. The van der Waals surface area contributed by atoms with E-state index in [2.05, 4.69) is 22.5 Å². The first-order valence-electron chi connectivity index (χ1n) is 4.92. The first-order valence-corrected chi connectivity index (χ1v) is 4.92. The largest absolute Gasteiger partial charge is 0.325 e. The molecule has 1 rings (SSSR count). The van der Waals surface area contributed by atoms with Gasteiger partial charge in [0.2, 0.25) is 5.56 Å². The summed E-state index contributed by atoms with van der Waals surface area (Å²) in [4.78, 5) is 13.7. The van der Waals surface area contributed by atoms with Crippen LogP contribution in [0.2, 0.25) is 0 Å². The summed E-state index contributed by atoms with van der Waals surface area (Å²) in [6.45, 7) is 5.64. The van der Waals surface area contributed by atoms with Crippen LogP contribution < -0.4 is 16.2 Å². The highest BCUT2D eigenvalue weighted by molar-refractivity contribution is 5.03. The van der Waals surface area contributed by atoms with Gasteiger partial charge in [-0.2, -0.15) is 0 Å². The lowest BCUT2D eigenvalue weighted by atomic mass is 10.3. The van der Waals surface area contributed by atoms with E-state index in [9.17, 15) is 4.79 Å². The van der Waals surface area contributed by atoms with E-state index in [0.717, 1.165) is 25.3 Å². The third kappa shape index (κ3) is 4.20. The quantitative estimate of drug-likeness (QED) is 0.563. The number of hydrogen-bond donors (Lipinski definition) is 3. The van der Waals surface area contributed by atoms with E-state index in [1.807, 2.05) is 6.07 Å². The average molecular weight is 195 g/mol. The molecule has 0 saturated heterocycles. The maximum atomic E-state index is 10.9. The van der Waals surface area contributed by atoms with Crippen molar-refractivity contribution < 1.29 is 0 Å². The molecule has 1 aromatic heterocycles. The lowest BCUT2D eigenvalue weighted by Crippen LogP contribution is -2.27. The van der Waals surface area contributed by atoms with Gasteiger partial charge in [-0.3, -0.25) is 4.79 Å². The minimum absolute atomic E-state index is 0.0454. The summed E-state index contributed by atoms with van der Waals surface area (Å²) in [7, 11) is 0. The molecule has 4 nitrogen and oxygen atoms in total. The highest BCUT2D eigenvalue weighted by Crippen LogP contribution is 1.87. The van der Waals surface area contributed by atoms with Crippen molar-refractivity contribution in [2.24, 2.45) is 0 Å². The Labute approximate surface area is 83.7 Å². The van der Waals surface area contributed by atoms with Crippen LogP contribution in [0.15, 0.2) is 23.0 Å². The van der Waals surface area contributed by atoms with Crippen LogP contribution in [0.4, 0.5) is 0 Å². The molecule has 0 amide bonds. The van der Waals surface area contributed by atoms with Crippen molar-refractivity contribution in [2.75, 3.05) is 19.6 Å². The van der Waals surface area contributed by atoms with Crippen LogP contribution >= 0.6 is 0 Å². The number of H-pyrrole nitrogens is 1. The maximum absolute atomic E-state index is 10.9. The molecule has 0 radical (unpaired) electrons. The Morgan fingerprint density at radius 1 is 1.29 bits per heavy atom. The number of likely N-dealkylation sites (N-methyl/N-ethyl adjacent to an activating group) is 1. The van der Waals surface area contributed by atoms with E-state index in [1.54, 1.807) is 6.07 Å². The minimum atomic E-state index is -0.0454. The van der Waals surface area contributed by atoms with E-state index in [1.165, 1.54) is 6.07 Å². The molecular formula is C10H17N3O. The van der Waals surface area contributed by atoms with Gasteiger partial charge in [-0.15, -0.1) is 0 Å². The second-order valence-electron chi connectivity index (χ2n) is 3.07. The summed E-state index contributed by atoms with van der Waals surface area (Å²) >= 11 is 0. The van der Waals surface area contributed by atoms with Crippen molar-refractivity contribution in [3.8, 4) is 0 Å². The Bertz CT molecular complexity index is 308. The summed E-state index contributed by atoms with van der Waals surface area (Å²) in [5.74, 6) is 0.